The van der Waals surface area contributed by atoms with Gasteiger partial charge in [-0.1, -0.05) is 42.0 Å². The second-order valence-corrected chi connectivity index (χ2v) is 7.28. The Morgan fingerprint density at radius 1 is 1.24 bits per heavy atom. The lowest BCUT2D eigenvalue weighted by Gasteiger charge is -2.25. The molecule has 5 nitrogen and oxygen atoms in total. The smallest absolute Gasteiger partial charge is 0.174 e. The molecular weight excluding hydrogens is 380 g/mol. The van der Waals surface area contributed by atoms with Crippen LogP contribution >= 0.6 is 23.8 Å². The number of thiocarbonyl (C=S) groups is 1. The summed E-state index contributed by atoms with van der Waals surface area (Å²) in [5.74, 6) is 1.05. The predicted molar refractivity (Wildman–Crippen MR) is 105 cm³/mol. The van der Waals surface area contributed by atoms with Gasteiger partial charge in [-0.05, 0) is 37.1 Å². The molecule has 25 heavy (non-hydrogen) atoms. The van der Waals surface area contributed by atoms with Crippen LogP contribution in [0, 0.1) is 0 Å². The first-order valence-corrected chi connectivity index (χ1v) is 9.62. The summed E-state index contributed by atoms with van der Waals surface area (Å²) in [6.07, 6.45) is 2.13. The number of ether oxygens (including phenoxy) is 1. The summed E-state index contributed by atoms with van der Waals surface area (Å²) < 4.78 is 31.1. The molecule has 0 aliphatic carbocycles. The van der Waals surface area contributed by atoms with Crippen LogP contribution in [-0.4, -0.2) is 26.2 Å². The number of anilines is 2. The first kappa shape index (κ1) is 18.1. The number of hydrogen-bond acceptors (Lipinski definition) is 5. The normalized spacial score (nSPS) is 15.0. The number of nitrogens with zero attached hydrogens (tertiary/aromatic N) is 1. The maximum atomic E-state index is 11.2. The molecular formula is C17H16ClN2O3S2-. The lowest BCUT2D eigenvalue weighted by Crippen LogP contribution is -2.19. The molecule has 132 valence electrons. The Morgan fingerprint density at radius 2 is 1.92 bits per heavy atom. The highest BCUT2D eigenvalue weighted by Gasteiger charge is 2.22. The Labute approximate surface area is 159 Å². The standard InChI is InChI=1S/C17H17ClN2O3S2/c18-17(24)12-10-14(19-25(21)22)16(23-13-6-2-1-3-7-13)15(11-12)20-8-4-5-9-20/h1-3,6-7,10-11,19H,4-5,8-9H2,(H,21,22)/p-1. The number of rotatable bonds is 6. The Kier molecular flexibility index (Phi) is 5.90. The molecule has 1 aliphatic heterocycles. The van der Waals surface area contributed by atoms with Crippen LogP contribution in [0.25, 0.3) is 0 Å². The van der Waals surface area contributed by atoms with Crippen molar-refractivity contribution in [1.82, 2.24) is 0 Å². The highest BCUT2D eigenvalue weighted by atomic mass is 35.5. The van der Waals surface area contributed by atoms with E-state index in [0.717, 1.165) is 31.6 Å². The van der Waals surface area contributed by atoms with Crippen molar-refractivity contribution < 1.29 is 13.5 Å². The molecule has 1 fully saturated rings. The molecule has 1 N–H and O–H groups in total. The lowest BCUT2D eigenvalue weighted by molar-refractivity contribution is 0.484. The van der Waals surface area contributed by atoms with Gasteiger partial charge in [0, 0.05) is 29.9 Å². The first-order valence-electron chi connectivity index (χ1n) is 7.76. The molecule has 2 aromatic carbocycles. The molecule has 0 radical (unpaired) electrons. The van der Waals surface area contributed by atoms with E-state index in [2.05, 4.69) is 9.62 Å². The molecule has 3 rings (SSSR count). The van der Waals surface area contributed by atoms with Gasteiger partial charge in [0.1, 0.15) is 10.1 Å². The van der Waals surface area contributed by atoms with E-state index in [1.165, 1.54) is 0 Å². The minimum Gasteiger partial charge on any atom is -0.755 e. The monoisotopic (exact) mass is 395 g/mol. The van der Waals surface area contributed by atoms with Crippen molar-refractivity contribution in [2.75, 3.05) is 22.7 Å². The van der Waals surface area contributed by atoms with E-state index < -0.39 is 11.3 Å². The Bertz CT molecular complexity index is 796. The number of halogens is 1. The zero-order valence-corrected chi connectivity index (χ0v) is 15.6. The maximum absolute atomic E-state index is 11.2. The molecule has 1 unspecified atom stereocenters. The summed E-state index contributed by atoms with van der Waals surface area (Å²) >= 11 is 8.56. The van der Waals surface area contributed by atoms with Crippen LogP contribution in [0.5, 0.6) is 11.5 Å². The van der Waals surface area contributed by atoms with Gasteiger partial charge in [0.25, 0.3) is 0 Å². The molecule has 2 aromatic rings. The summed E-state index contributed by atoms with van der Waals surface area (Å²) in [7, 11) is 0. The molecule has 0 bridgehead atoms. The second kappa shape index (κ2) is 8.14. The largest absolute Gasteiger partial charge is 0.755 e. The summed E-state index contributed by atoms with van der Waals surface area (Å²) in [5, 5.41) is 0. The summed E-state index contributed by atoms with van der Waals surface area (Å²) in [5.41, 5.74) is 1.65. The van der Waals surface area contributed by atoms with Gasteiger partial charge in [-0.15, -0.1) is 0 Å². The van der Waals surface area contributed by atoms with Crippen LogP contribution in [0.15, 0.2) is 42.5 Å². The minimum absolute atomic E-state index is 0.173. The van der Waals surface area contributed by atoms with Gasteiger partial charge in [-0.2, -0.15) is 0 Å². The molecule has 1 saturated heterocycles. The van der Waals surface area contributed by atoms with E-state index >= 15 is 0 Å². The van der Waals surface area contributed by atoms with Gasteiger partial charge in [-0.25, -0.2) is 0 Å². The average Bonchev–Trinajstić information content (AvgIpc) is 3.11. The van der Waals surface area contributed by atoms with E-state index in [1.807, 2.05) is 36.4 Å². The summed E-state index contributed by atoms with van der Waals surface area (Å²) in [6, 6.07) is 12.6. The third-order valence-corrected chi connectivity index (χ3v) is 4.74. The van der Waals surface area contributed by atoms with Gasteiger partial charge in [-0.3, -0.25) is 4.21 Å². The second-order valence-electron chi connectivity index (χ2n) is 5.59. The van der Waals surface area contributed by atoms with Gasteiger partial charge >= 0.3 is 0 Å². The Morgan fingerprint density at radius 3 is 2.52 bits per heavy atom. The van der Waals surface area contributed by atoms with Crippen LogP contribution in [-0.2, 0) is 11.3 Å². The highest BCUT2D eigenvalue weighted by molar-refractivity contribution is 7.83. The van der Waals surface area contributed by atoms with Crippen molar-refractivity contribution in [3.05, 3.63) is 48.0 Å². The molecule has 8 heteroatoms. The molecule has 0 aromatic heterocycles. The number of hydrogen-bond donors (Lipinski definition) is 1. The number of nitrogens with one attached hydrogen (secondary N) is 1. The Balaban J connectivity index is 2.12. The van der Waals surface area contributed by atoms with Crippen LogP contribution < -0.4 is 14.4 Å². The molecule has 0 saturated carbocycles. The molecule has 1 aliphatic rings. The van der Waals surface area contributed by atoms with E-state index in [-0.39, 0.29) is 4.32 Å². The van der Waals surface area contributed by atoms with E-state index in [4.69, 9.17) is 28.6 Å². The minimum atomic E-state index is -2.50. The van der Waals surface area contributed by atoms with Crippen LogP contribution in [0.3, 0.4) is 0 Å². The predicted octanol–water partition coefficient (Wildman–Crippen LogP) is 4.20. The topological polar surface area (TPSA) is 64.6 Å². The van der Waals surface area contributed by atoms with E-state index in [0.29, 0.717) is 22.7 Å². The van der Waals surface area contributed by atoms with E-state index in [9.17, 15) is 8.76 Å². The molecule has 0 spiro atoms. The van der Waals surface area contributed by atoms with E-state index in [1.54, 1.807) is 6.07 Å². The number of benzene rings is 2. The Hall–Kier alpha value is -1.67. The first-order chi connectivity index (χ1) is 12.0. The SMILES string of the molecule is O=S([O-])Nc1cc(C(=S)Cl)cc(N2CCCC2)c1Oc1ccccc1. The van der Waals surface area contributed by atoms with Crippen molar-refractivity contribution in [3.63, 3.8) is 0 Å². The maximum Gasteiger partial charge on any atom is 0.174 e. The quantitative estimate of drug-likeness (QED) is 0.451. The molecule has 1 heterocycles. The molecule has 0 amide bonds. The zero-order chi connectivity index (χ0) is 17.8. The van der Waals surface area contributed by atoms with Gasteiger partial charge in [0.2, 0.25) is 0 Å². The lowest BCUT2D eigenvalue weighted by atomic mass is 10.1. The van der Waals surface area contributed by atoms with Crippen molar-refractivity contribution in [3.8, 4) is 11.5 Å². The molecule has 1 atom stereocenters. The average molecular weight is 396 g/mol. The zero-order valence-electron chi connectivity index (χ0n) is 13.2. The van der Waals surface area contributed by atoms with Crippen molar-refractivity contribution in [2.45, 2.75) is 12.8 Å². The van der Waals surface area contributed by atoms with Gasteiger partial charge < -0.3 is 18.9 Å². The van der Waals surface area contributed by atoms with Crippen molar-refractivity contribution in [2.24, 2.45) is 0 Å². The van der Waals surface area contributed by atoms with Gasteiger partial charge in [0.05, 0.1) is 11.4 Å². The highest BCUT2D eigenvalue weighted by Crippen LogP contribution is 2.42. The fraction of sp³-hybridized carbons (Fsp3) is 0.235. The van der Waals surface area contributed by atoms with Crippen LogP contribution in [0.2, 0.25) is 0 Å². The summed E-state index contributed by atoms with van der Waals surface area (Å²) in [6.45, 7) is 1.73. The fourth-order valence-electron chi connectivity index (χ4n) is 2.80. The summed E-state index contributed by atoms with van der Waals surface area (Å²) in [4.78, 5) is 2.15. The van der Waals surface area contributed by atoms with Crippen LogP contribution in [0.1, 0.15) is 18.4 Å². The van der Waals surface area contributed by atoms with Crippen molar-refractivity contribution >= 4 is 50.8 Å². The third kappa shape index (κ3) is 4.49. The van der Waals surface area contributed by atoms with Gasteiger partial charge in [0.15, 0.2) is 5.75 Å². The van der Waals surface area contributed by atoms with Crippen LogP contribution in [0.4, 0.5) is 11.4 Å². The fourth-order valence-corrected chi connectivity index (χ4v) is 3.36. The number of para-hydroxylation sites is 1. The third-order valence-electron chi connectivity index (χ3n) is 3.90. The van der Waals surface area contributed by atoms with Crippen molar-refractivity contribution in [1.29, 1.82) is 0 Å².